The third kappa shape index (κ3) is 6.79. The van der Waals surface area contributed by atoms with E-state index in [2.05, 4.69) is 17.6 Å². The van der Waals surface area contributed by atoms with Gasteiger partial charge in [0.05, 0.1) is 12.5 Å². The molecule has 8 heteroatoms. The SMILES string of the molecule is COC(=O)C(C)(C)CC(C)CCCC(C)C1=CC(C(F)(F)F)NC(N)N1. The van der Waals surface area contributed by atoms with Gasteiger partial charge in [0.25, 0.3) is 0 Å². The molecule has 0 saturated carbocycles. The van der Waals surface area contributed by atoms with Crippen LogP contribution in [-0.4, -0.2) is 31.6 Å². The normalized spacial score (nSPS) is 23.7. The molecular formula is C18H32F3N3O2. The van der Waals surface area contributed by atoms with Gasteiger partial charge in [-0.05, 0) is 44.6 Å². The summed E-state index contributed by atoms with van der Waals surface area (Å²) in [7, 11) is 1.38. The summed E-state index contributed by atoms with van der Waals surface area (Å²) in [4.78, 5) is 11.8. The molecule has 0 radical (unpaired) electrons. The van der Waals surface area contributed by atoms with Crippen LogP contribution in [0, 0.1) is 17.3 Å². The lowest BCUT2D eigenvalue weighted by atomic mass is 9.81. The van der Waals surface area contributed by atoms with Crippen molar-refractivity contribution in [1.29, 1.82) is 0 Å². The maximum atomic E-state index is 12.9. The van der Waals surface area contributed by atoms with Crippen molar-refractivity contribution >= 4 is 5.97 Å². The van der Waals surface area contributed by atoms with Gasteiger partial charge in [0.15, 0.2) is 0 Å². The summed E-state index contributed by atoms with van der Waals surface area (Å²) in [5, 5.41) is 5.16. The van der Waals surface area contributed by atoms with Gasteiger partial charge in [-0.3, -0.25) is 15.8 Å². The van der Waals surface area contributed by atoms with E-state index in [1.807, 2.05) is 20.8 Å². The number of carbonyl (C=O) groups excluding carboxylic acids is 1. The first-order valence-corrected chi connectivity index (χ1v) is 9.02. The van der Waals surface area contributed by atoms with Gasteiger partial charge in [-0.15, -0.1) is 0 Å². The molecule has 1 aliphatic rings. The van der Waals surface area contributed by atoms with E-state index in [0.29, 0.717) is 18.0 Å². The molecule has 0 aromatic carbocycles. The number of alkyl halides is 3. The number of hydrogen-bond acceptors (Lipinski definition) is 5. The third-order valence-electron chi connectivity index (χ3n) is 4.84. The Hall–Kier alpha value is -1.28. The number of nitrogens with one attached hydrogen (secondary N) is 2. The highest BCUT2D eigenvalue weighted by Gasteiger charge is 2.41. The molecule has 1 heterocycles. The molecule has 0 saturated heterocycles. The van der Waals surface area contributed by atoms with Crippen LogP contribution < -0.4 is 16.4 Å². The van der Waals surface area contributed by atoms with Gasteiger partial charge in [-0.1, -0.05) is 26.7 Å². The van der Waals surface area contributed by atoms with Gasteiger partial charge < -0.3 is 10.1 Å². The molecule has 5 nitrogen and oxygen atoms in total. The summed E-state index contributed by atoms with van der Waals surface area (Å²) in [6.07, 6.45) is -0.887. The lowest BCUT2D eigenvalue weighted by Gasteiger charge is -2.33. The Bertz CT molecular complexity index is 506. The van der Waals surface area contributed by atoms with Crippen molar-refractivity contribution < 1.29 is 22.7 Å². The van der Waals surface area contributed by atoms with E-state index >= 15 is 0 Å². The predicted octanol–water partition coefficient (Wildman–Crippen LogP) is 3.27. The molecule has 1 aliphatic heterocycles. The smallest absolute Gasteiger partial charge is 0.407 e. The predicted molar refractivity (Wildman–Crippen MR) is 94.8 cm³/mol. The number of ether oxygens (including phenoxy) is 1. The van der Waals surface area contributed by atoms with Crippen molar-refractivity contribution in [3.05, 3.63) is 11.8 Å². The zero-order valence-electron chi connectivity index (χ0n) is 16.2. The second-order valence-electron chi connectivity index (χ2n) is 7.95. The lowest BCUT2D eigenvalue weighted by Crippen LogP contribution is -2.60. The third-order valence-corrected chi connectivity index (χ3v) is 4.84. The first kappa shape index (κ1) is 22.8. The maximum absolute atomic E-state index is 12.9. The summed E-state index contributed by atoms with van der Waals surface area (Å²) >= 11 is 0. The molecule has 0 aromatic rings. The Morgan fingerprint density at radius 1 is 1.31 bits per heavy atom. The van der Waals surface area contributed by atoms with E-state index in [1.54, 1.807) is 0 Å². The van der Waals surface area contributed by atoms with Gasteiger partial charge in [-0.25, -0.2) is 0 Å². The number of carbonyl (C=O) groups is 1. The van der Waals surface area contributed by atoms with Crippen molar-refractivity contribution in [2.75, 3.05) is 7.11 Å². The summed E-state index contributed by atoms with van der Waals surface area (Å²) in [5.41, 5.74) is 5.62. The van der Waals surface area contributed by atoms with Crippen molar-refractivity contribution in [1.82, 2.24) is 10.6 Å². The Labute approximate surface area is 153 Å². The molecule has 0 bridgehead atoms. The average Bonchev–Trinajstić information content (AvgIpc) is 2.51. The summed E-state index contributed by atoms with van der Waals surface area (Å²) in [6, 6.07) is -1.73. The number of hydrogen-bond donors (Lipinski definition) is 3. The fourth-order valence-corrected chi connectivity index (χ4v) is 3.45. The second-order valence-corrected chi connectivity index (χ2v) is 7.95. The quantitative estimate of drug-likeness (QED) is 0.565. The highest BCUT2D eigenvalue weighted by Crippen LogP contribution is 2.31. The Morgan fingerprint density at radius 3 is 2.46 bits per heavy atom. The first-order valence-electron chi connectivity index (χ1n) is 9.02. The van der Waals surface area contributed by atoms with Gasteiger partial charge in [0.1, 0.15) is 12.3 Å². The molecule has 26 heavy (non-hydrogen) atoms. The molecule has 0 fully saturated rings. The number of nitrogens with two attached hydrogens (primary N) is 1. The largest absolute Gasteiger partial charge is 0.469 e. The molecular weight excluding hydrogens is 347 g/mol. The fourth-order valence-electron chi connectivity index (χ4n) is 3.45. The van der Waals surface area contributed by atoms with E-state index in [0.717, 1.165) is 19.3 Å². The van der Waals surface area contributed by atoms with Gasteiger partial charge in [0, 0.05) is 5.70 Å². The standard InChI is InChI=1S/C18H32F3N3O2/c1-11(10-17(3,4)15(25)26-5)7-6-8-12(2)13-9-14(18(19,20)21)24-16(22)23-13/h9,11-12,14,16,23-24H,6-8,10,22H2,1-5H3. The van der Waals surface area contributed by atoms with Gasteiger partial charge >= 0.3 is 12.1 Å². The minimum absolute atomic E-state index is 0.0474. The van der Waals surface area contributed by atoms with E-state index in [4.69, 9.17) is 10.5 Å². The van der Waals surface area contributed by atoms with Crippen LogP contribution in [0.1, 0.15) is 53.4 Å². The number of halogens is 3. The molecule has 4 unspecified atom stereocenters. The van der Waals surface area contributed by atoms with Crippen LogP contribution in [0.15, 0.2) is 11.8 Å². The molecule has 0 aromatic heterocycles. The van der Waals surface area contributed by atoms with E-state index in [1.165, 1.54) is 13.2 Å². The van der Waals surface area contributed by atoms with Crippen molar-refractivity contribution in [3.63, 3.8) is 0 Å². The minimum atomic E-state index is -4.36. The van der Waals surface area contributed by atoms with E-state index < -0.39 is 23.9 Å². The van der Waals surface area contributed by atoms with E-state index in [-0.39, 0.29) is 11.9 Å². The molecule has 0 aliphatic carbocycles. The number of rotatable bonds is 8. The summed E-state index contributed by atoms with van der Waals surface area (Å²) in [5.74, 6) is 0.0409. The topological polar surface area (TPSA) is 76.4 Å². The Balaban J connectivity index is 2.52. The van der Waals surface area contributed by atoms with Crippen LogP contribution in [0.5, 0.6) is 0 Å². The average molecular weight is 379 g/mol. The fraction of sp³-hybridized carbons (Fsp3) is 0.833. The zero-order chi connectivity index (χ0) is 20.1. The van der Waals surface area contributed by atoms with Crippen molar-refractivity contribution in [2.45, 2.75) is 71.9 Å². The zero-order valence-corrected chi connectivity index (χ0v) is 16.2. The monoisotopic (exact) mass is 379 g/mol. The molecule has 1 rings (SSSR count). The molecule has 152 valence electrons. The molecule has 0 spiro atoms. The first-order chi connectivity index (χ1) is 11.9. The van der Waals surface area contributed by atoms with Crippen LogP contribution in [0.25, 0.3) is 0 Å². The highest BCUT2D eigenvalue weighted by atomic mass is 19.4. The number of allylic oxidation sites excluding steroid dienone is 1. The number of esters is 1. The van der Waals surface area contributed by atoms with Crippen molar-refractivity contribution in [2.24, 2.45) is 23.0 Å². The van der Waals surface area contributed by atoms with Crippen LogP contribution in [-0.2, 0) is 9.53 Å². The maximum Gasteiger partial charge on any atom is 0.407 e. The van der Waals surface area contributed by atoms with Gasteiger partial charge in [0.2, 0.25) is 0 Å². The molecule has 4 N–H and O–H groups in total. The van der Waals surface area contributed by atoms with Crippen LogP contribution >= 0.6 is 0 Å². The highest BCUT2D eigenvalue weighted by molar-refractivity contribution is 5.75. The molecule has 4 atom stereocenters. The Kier molecular flexibility index (Phi) is 7.95. The summed E-state index contributed by atoms with van der Waals surface area (Å²) in [6.45, 7) is 7.70. The van der Waals surface area contributed by atoms with Crippen LogP contribution in [0.4, 0.5) is 13.2 Å². The number of methoxy groups -OCH3 is 1. The lowest BCUT2D eigenvalue weighted by molar-refractivity contribution is -0.151. The Morgan fingerprint density at radius 2 is 1.92 bits per heavy atom. The van der Waals surface area contributed by atoms with Crippen molar-refractivity contribution in [3.8, 4) is 0 Å². The molecule has 0 amide bonds. The van der Waals surface area contributed by atoms with Crippen LogP contribution in [0.3, 0.4) is 0 Å². The second kappa shape index (κ2) is 9.08. The van der Waals surface area contributed by atoms with E-state index in [9.17, 15) is 18.0 Å². The summed E-state index contributed by atoms with van der Waals surface area (Å²) < 4.78 is 43.6. The minimum Gasteiger partial charge on any atom is -0.469 e. The van der Waals surface area contributed by atoms with Gasteiger partial charge in [-0.2, -0.15) is 13.2 Å². The van der Waals surface area contributed by atoms with Crippen LogP contribution in [0.2, 0.25) is 0 Å².